The van der Waals surface area contributed by atoms with Crippen molar-refractivity contribution in [3.63, 3.8) is 0 Å². The van der Waals surface area contributed by atoms with Gasteiger partial charge in [0.1, 0.15) is 16.4 Å². The smallest absolute Gasteiger partial charge is 0.232 e. The summed E-state index contributed by atoms with van der Waals surface area (Å²) in [6, 6.07) is 15.9. The summed E-state index contributed by atoms with van der Waals surface area (Å²) in [5.74, 6) is 2.18. The van der Waals surface area contributed by atoms with Crippen molar-refractivity contribution in [1.29, 1.82) is 0 Å². The van der Waals surface area contributed by atoms with Crippen molar-refractivity contribution >= 4 is 27.3 Å². The Morgan fingerprint density at radius 2 is 1.87 bits per heavy atom. The molecule has 1 aliphatic rings. The van der Waals surface area contributed by atoms with E-state index >= 15 is 0 Å². The lowest BCUT2D eigenvalue weighted by atomic mass is 10.1. The molecule has 0 atom stereocenters. The number of benzene rings is 2. The molecule has 0 fully saturated rings. The van der Waals surface area contributed by atoms with Crippen LogP contribution in [-0.4, -0.2) is 34.7 Å². The Morgan fingerprint density at radius 3 is 2.67 bits per heavy atom. The average Bonchev–Trinajstić information content (AvgIpc) is 3.32. The highest BCUT2D eigenvalue weighted by Crippen LogP contribution is 2.40. The average molecular weight is 416 g/mol. The maximum Gasteiger partial charge on any atom is 0.232 e. The third-order valence-corrected chi connectivity index (χ3v) is 6.07. The van der Waals surface area contributed by atoms with Crippen LogP contribution < -0.4 is 4.74 Å². The molecular formula is C24H21N3O2S. The van der Waals surface area contributed by atoms with Gasteiger partial charge in [-0.2, -0.15) is 4.98 Å². The molecule has 0 saturated heterocycles. The number of aromatic nitrogens is 2. The third-order valence-electron chi connectivity index (χ3n) is 5.20. The second-order valence-corrected chi connectivity index (χ2v) is 8.58. The van der Waals surface area contributed by atoms with Gasteiger partial charge >= 0.3 is 0 Å². The van der Waals surface area contributed by atoms with Crippen molar-refractivity contribution in [2.45, 2.75) is 19.4 Å². The zero-order chi connectivity index (χ0) is 20.7. The number of nitrogens with zero attached hydrogens (tertiary/aromatic N) is 3. The van der Waals surface area contributed by atoms with Gasteiger partial charge < -0.3 is 9.64 Å². The minimum Gasteiger partial charge on any atom is -0.438 e. The van der Waals surface area contributed by atoms with Crippen LogP contribution in [0.5, 0.6) is 11.6 Å². The molecule has 0 saturated carbocycles. The minimum absolute atomic E-state index is 0.207. The first-order valence-electron chi connectivity index (χ1n) is 9.91. The van der Waals surface area contributed by atoms with E-state index in [-0.39, 0.29) is 5.78 Å². The van der Waals surface area contributed by atoms with Crippen LogP contribution in [0, 0.1) is 0 Å². The maximum absolute atomic E-state index is 12.0. The molecule has 2 aromatic heterocycles. The zero-order valence-electron chi connectivity index (χ0n) is 16.9. The number of ketones is 1. The van der Waals surface area contributed by atoms with Crippen molar-refractivity contribution < 1.29 is 9.53 Å². The molecule has 0 radical (unpaired) electrons. The van der Waals surface area contributed by atoms with Gasteiger partial charge in [-0.3, -0.25) is 4.79 Å². The molecule has 5 rings (SSSR count). The summed E-state index contributed by atoms with van der Waals surface area (Å²) in [4.78, 5) is 24.4. The lowest BCUT2D eigenvalue weighted by Crippen LogP contribution is -2.13. The first-order chi connectivity index (χ1) is 14.6. The monoisotopic (exact) mass is 415 g/mol. The van der Waals surface area contributed by atoms with E-state index in [1.54, 1.807) is 11.3 Å². The van der Waals surface area contributed by atoms with E-state index in [0.717, 1.165) is 44.7 Å². The second kappa shape index (κ2) is 7.63. The van der Waals surface area contributed by atoms with Crippen molar-refractivity contribution in [1.82, 2.24) is 14.9 Å². The van der Waals surface area contributed by atoms with Crippen molar-refractivity contribution in [2.75, 3.05) is 14.1 Å². The Hall–Kier alpha value is -3.09. The van der Waals surface area contributed by atoms with Gasteiger partial charge in [-0.15, -0.1) is 11.3 Å². The molecule has 6 heteroatoms. The number of hydrogen-bond donors (Lipinski definition) is 0. The molecule has 0 unspecified atom stereocenters. The van der Waals surface area contributed by atoms with Gasteiger partial charge in [0, 0.05) is 22.9 Å². The molecule has 0 N–H and O–H groups in total. The highest BCUT2D eigenvalue weighted by Gasteiger charge is 2.21. The van der Waals surface area contributed by atoms with Gasteiger partial charge in [0.15, 0.2) is 5.78 Å². The van der Waals surface area contributed by atoms with Crippen molar-refractivity contribution in [3.8, 4) is 22.8 Å². The van der Waals surface area contributed by atoms with E-state index in [4.69, 9.17) is 14.7 Å². The number of fused-ring (bicyclic) bond motifs is 2. The summed E-state index contributed by atoms with van der Waals surface area (Å²) in [7, 11) is 3.99. The molecule has 0 amide bonds. The van der Waals surface area contributed by atoms with E-state index in [9.17, 15) is 4.79 Å². The number of rotatable bonds is 5. The summed E-state index contributed by atoms with van der Waals surface area (Å²) in [5.41, 5.74) is 4.03. The Balaban J connectivity index is 1.63. The van der Waals surface area contributed by atoms with Crippen LogP contribution in [0.1, 0.15) is 28.2 Å². The van der Waals surface area contributed by atoms with E-state index in [1.807, 2.05) is 55.4 Å². The molecule has 4 aromatic rings. The lowest BCUT2D eigenvalue weighted by molar-refractivity contribution is 0.0994. The number of ether oxygens (including phenoxy) is 1. The van der Waals surface area contributed by atoms with Crippen LogP contribution in [0.15, 0.2) is 53.9 Å². The van der Waals surface area contributed by atoms with Crippen LogP contribution in [0.4, 0.5) is 0 Å². The fraction of sp³-hybridized carbons (Fsp3) is 0.208. The summed E-state index contributed by atoms with van der Waals surface area (Å²) >= 11 is 1.60. The van der Waals surface area contributed by atoms with Gasteiger partial charge in [0.25, 0.3) is 0 Å². The van der Waals surface area contributed by atoms with E-state index in [0.29, 0.717) is 24.6 Å². The molecule has 2 aromatic carbocycles. The maximum atomic E-state index is 12.0. The fourth-order valence-corrected chi connectivity index (χ4v) is 4.77. The van der Waals surface area contributed by atoms with Gasteiger partial charge in [0.05, 0.1) is 11.9 Å². The number of hydrogen-bond acceptors (Lipinski definition) is 6. The highest BCUT2D eigenvalue weighted by molar-refractivity contribution is 7.17. The fourth-order valence-electron chi connectivity index (χ4n) is 3.82. The summed E-state index contributed by atoms with van der Waals surface area (Å²) in [6.07, 6.45) is 1.34. The van der Waals surface area contributed by atoms with Crippen molar-refractivity contribution in [2.24, 2.45) is 0 Å². The second-order valence-electron chi connectivity index (χ2n) is 7.72. The normalized spacial score (nSPS) is 13.2. The largest absolute Gasteiger partial charge is 0.438 e. The molecule has 30 heavy (non-hydrogen) atoms. The predicted octanol–water partition coefficient (Wildman–Crippen LogP) is 5.34. The number of Topliss-reactive ketones (excluding diaryl/α,β-unsaturated/α-hetero) is 1. The van der Waals surface area contributed by atoms with Crippen LogP contribution in [0.25, 0.3) is 21.3 Å². The van der Waals surface area contributed by atoms with E-state index in [1.165, 1.54) is 0 Å². The van der Waals surface area contributed by atoms with Gasteiger partial charge in [0.2, 0.25) is 5.88 Å². The number of aryl methyl sites for hydroxylation is 1. The molecule has 2 heterocycles. The van der Waals surface area contributed by atoms with Crippen molar-refractivity contribution in [3.05, 3.63) is 70.9 Å². The summed E-state index contributed by atoms with van der Waals surface area (Å²) in [6.45, 7) is 0.629. The van der Waals surface area contributed by atoms with Gasteiger partial charge in [-0.1, -0.05) is 30.3 Å². The van der Waals surface area contributed by atoms with Crippen LogP contribution in [0.2, 0.25) is 0 Å². The third kappa shape index (κ3) is 3.49. The zero-order valence-corrected chi connectivity index (χ0v) is 17.7. The first-order valence-corrected chi connectivity index (χ1v) is 10.8. The molecule has 0 bridgehead atoms. The molecule has 5 nitrogen and oxygen atoms in total. The Morgan fingerprint density at radius 1 is 1.03 bits per heavy atom. The number of carbonyl (C=O) groups excluding carboxylic acids is 1. The van der Waals surface area contributed by atoms with Crippen LogP contribution >= 0.6 is 11.3 Å². The first kappa shape index (κ1) is 18.9. The summed E-state index contributed by atoms with van der Waals surface area (Å²) in [5, 5.41) is 3.03. The van der Waals surface area contributed by atoms with Gasteiger partial charge in [-0.05, 0) is 49.8 Å². The quantitative estimate of drug-likeness (QED) is 0.440. The topological polar surface area (TPSA) is 55.3 Å². The molecule has 150 valence electrons. The van der Waals surface area contributed by atoms with E-state index in [2.05, 4.69) is 17.5 Å². The Labute approximate surface area is 179 Å². The molecule has 0 spiro atoms. The Kier molecular flexibility index (Phi) is 4.81. The lowest BCUT2D eigenvalue weighted by Gasteiger charge is -2.13. The molecule has 0 aliphatic heterocycles. The van der Waals surface area contributed by atoms with E-state index < -0.39 is 0 Å². The molecular weight excluding hydrogens is 394 g/mol. The predicted molar refractivity (Wildman–Crippen MR) is 119 cm³/mol. The van der Waals surface area contributed by atoms with Crippen LogP contribution in [0.3, 0.4) is 0 Å². The van der Waals surface area contributed by atoms with Gasteiger partial charge in [-0.25, -0.2) is 4.98 Å². The SMILES string of the molecule is CN(C)Cc1nc(Oc2ccc3c(c2)CCC3=O)c2c(-c3ccccc3)csc2n1. The van der Waals surface area contributed by atoms with Crippen LogP contribution in [-0.2, 0) is 13.0 Å². The number of carbonyl (C=O) groups is 1. The highest BCUT2D eigenvalue weighted by atomic mass is 32.1. The standard InChI is InChI=1S/C24H21N3O2S/c1-27(2)13-21-25-23(29-17-9-10-18-16(12-17)8-11-20(18)28)22-19(14-30-24(22)26-21)15-6-4-3-5-7-15/h3-7,9-10,12,14H,8,11,13H2,1-2H3. The molecule has 1 aliphatic carbocycles. The Bertz CT molecular complexity index is 1250. The summed E-state index contributed by atoms with van der Waals surface area (Å²) < 4.78 is 6.32. The minimum atomic E-state index is 0.207. The number of thiophene rings is 1.